The highest BCUT2D eigenvalue weighted by atomic mass is 35.5. The summed E-state index contributed by atoms with van der Waals surface area (Å²) in [6.45, 7) is 9.03. The molecular weight excluding hydrogens is 244 g/mol. The van der Waals surface area contributed by atoms with Gasteiger partial charge in [0.05, 0.1) is 10.7 Å². The Bertz CT molecular complexity index is 434. The standard InChI is InChI=1S/C15H23ClN2/c1-4-15(3)5-7-18(8-6-15)14-10-12(16)13(17)9-11(14)2/h9-10H,4-8,17H2,1-3H3. The third kappa shape index (κ3) is 2.59. The topological polar surface area (TPSA) is 29.3 Å². The molecule has 1 aliphatic rings. The molecule has 0 unspecified atom stereocenters. The van der Waals surface area contributed by atoms with Crippen molar-refractivity contribution in [1.82, 2.24) is 0 Å². The number of hydrogen-bond acceptors (Lipinski definition) is 2. The smallest absolute Gasteiger partial charge is 0.0656 e. The van der Waals surface area contributed by atoms with Crippen molar-refractivity contribution in [3.8, 4) is 0 Å². The van der Waals surface area contributed by atoms with E-state index in [9.17, 15) is 0 Å². The fourth-order valence-electron chi connectivity index (χ4n) is 2.68. The molecule has 0 radical (unpaired) electrons. The average molecular weight is 267 g/mol. The molecule has 1 saturated heterocycles. The Labute approximate surface area is 115 Å². The predicted molar refractivity (Wildman–Crippen MR) is 80.4 cm³/mol. The van der Waals surface area contributed by atoms with Crippen molar-refractivity contribution in [2.45, 2.75) is 40.0 Å². The summed E-state index contributed by atoms with van der Waals surface area (Å²) in [5.41, 5.74) is 9.49. The van der Waals surface area contributed by atoms with Crippen LogP contribution in [0.2, 0.25) is 5.02 Å². The largest absolute Gasteiger partial charge is 0.398 e. The van der Waals surface area contributed by atoms with Crippen molar-refractivity contribution < 1.29 is 0 Å². The molecule has 0 bridgehead atoms. The lowest BCUT2D eigenvalue weighted by Crippen LogP contribution is -2.38. The molecule has 1 fully saturated rings. The number of piperidine rings is 1. The number of nitrogens with two attached hydrogens (primary N) is 1. The van der Waals surface area contributed by atoms with Crippen LogP contribution < -0.4 is 10.6 Å². The molecule has 0 atom stereocenters. The van der Waals surface area contributed by atoms with Gasteiger partial charge in [-0.3, -0.25) is 0 Å². The molecule has 0 saturated carbocycles. The molecule has 1 heterocycles. The van der Waals surface area contributed by atoms with E-state index in [1.54, 1.807) is 0 Å². The zero-order valence-corrected chi connectivity index (χ0v) is 12.3. The van der Waals surface area contributed by atoms with Crippen molar-refractivity contribution in [3.05, 3.63) is 22.7 Å². The second-order valence-corrected chi connectivity index (χ2v) is 6.22. The van der Waals surface area contributed by atoms with E-state index in [-0.39, 0.29) is 0 Å². The Morgan fingerprint density at radius 3 is 2.50 bits per heavy atom. The van der Waals surface area contributed by atoms with Gasteiger partial charge in [-0.15, -0.1) is 0 Å². The van der Waals surface area contributed by atoms with Gasteiger partial charge < -0.3 is 10.6 Å². The molecular formula is C15H23ClN2. The highest BCUT2D eigenvalue weighted by Gasteiger charge is 2.28. The number of hydrogen-bond donors (Lipinski definition) is 1. The molecule has 2 nitrogen and oxygen atoms in total. The second-order valence-electron chi connectivity index (χ2n) is 5.81. The molecule has 2 N–H and O–H groups in total. The van der Waals surface area contributed by atoms with E-state index in [0.717, 1.165) is 13.1 Å². The number of nitrogens with zero attached hydrogens (tertiary/aromatic N) is 1. The number of anilines is 2. The Morgan fingerprint density at radius 1 is 1.33 bits per heavy atom. The Morgan fingerprint density at radius 2 is 1.94 bits per heavy atom. The Hall–Kier alpha value is -0.890. The van der Waals surface area contributed by atoms with Gasteiger partial charge in [0, 0.05) is 18.8 Å². The lowest BCUT2D eigenvalue weighted by molar-refractivity contribution is 0.238. The molecule has 1 aromatic rings. The van der Waals surface area contributed by atoms with Crippen LogP contribution in [0, 0.1) is 12.3 Å². The van der Waals surface area contributed by atoms with E-state index in [2.05, 4.69) is 25.7 Å². The third-order valence-corrected chi connectivity index (χ3v) is 4.81. The molecule has 18 heavy (non-hydrogen) atoms. The first kappa shape index (κ1) is 13.5. The molecule has 0 aliphatic carbocycles. The van der Waals surface area contributed by atoms with Gasteiger partial charge in [0.2, 0.25) is 0 Å². The van der Waals surface area contributed by atoms with Gasteiger partial charge in [0.1, 0.15) is 0 Å². The minimum atomic E-state index is 0.516. The fraction of sp³-hybridized carbons (Fsp3) is 0.600. The maximum atomic E-state index is 6.14. The highest BCUT2D eigenvalue weighted by Crippen LogP contribution is 2.37. The van der Waals surface area contributed by atoms with E-state index in [1.165, 1.54) is 30.5 Å². The van der Waals surface area contributed by atoms with Gasteiger partial charge in [-0.1, -0.05) is 31.9 Å². The quantitative estimate of drug-likeness (QED) is 0.811. The van der Waals surface area contributed by atoms with Gasteiger partial charge in [0.25, 0.3) is 0 Å². The second kappa shape index (κ2) is 5.00. The summed E-state index contributed by atoms with van der Waals surface area (Å²) in [5, 5.41) is 0.666. The minimum Gasteiger partial charge on any atom is -0.398 e. The molecule has 1 aromatic carbocycles. The van der Waals surface area contributed by atoms with E-state index in [4.69, 9.17) is 17.3 Å². The summed E-state index contributed by atoms with van der Waals surface area (Å²) in [6.07, 6.45) is 3.78. The van der Waals surface area contributed by atoms with Crippen LogP contribution in [0.1, 0.15) is 38.7 Å². The van der Waals surface area contributed by atoms with Crippen LogP contribution in [0.25, 0.3) is 0 Å². The van der Waals surface area contributed by atoms with E-state index in [0.29, 0.717) is 16.1 Å². The number of halogens is 1. The van der Waals surface area contributed by atoms with Crippen molar-refractivity contribution in [3.63, 3.8) is 0 Å². The van der Waals surface area contributed by atoms with Gasteiger partial charge in [-0.2, -0.15) is 0 Å². The highest BCUT2D eigenvalue weighted by molar-refractivity contribution is 6.33. The van der Waals surface area contributed by atoms with Crippen LogP contribution in [-0.4, -0.2) is 13.1 Å². The zero-order valence-electron chi connectivity index (χ0n) is 11.6. The van der Waals surface area contributed by atoms with Crippen molar-refractivity contribution >= 4 is 23.0 Å². The van der Waals surface area contributed by atoms with Gasteiger partial charge >= 0.3 is 0 Å². The summed E-state index contributed by atoms with van der Waals surface area (Å²) in [6, 6.07) is 3.99. The first-order chi connectivity index (χ1) is 8.45. The zero-order chi connectivity index (χ0) is 13.3. The summed E-state index contributed by atoms with van der Waals surface area (Å²) in [4.78, 5) is 2.44. The molecule has 0 spiro atoms. The van der Waals surface area contributed by atoms with Crippen LogP contribution in [-0.2, 0) is 0 Å². The van der Waals surface area contributed by atoms with Crippen LogP contribution in [0.5, 0.6) is 0 Å². The molecule has 1 aliphatic heterocycles. The van der Waals surface area contributed by atoms with Crippen LogP contribution in [0.4, 0.5) is 11.4 Å². The van der Waals surface area contributed by atoms with Gasteiger partial charge in [0.15, 0.2) is 0 Å². The third-order valence-electron chi connectivity index (χ3n) is 4.48. The molecule has 0 aromatic heterocycles. The fourth-order valence-corrected chi connectivity index (χ4v) is 2.83. The predicted octanol–water partition coefficient (Wildman–Crippen LogP) is 4.25. The van der Waals surface area contributed by atoms with Crippen LogP contribution in [0.3, 0.4) is 0 Å². The number of benzene rings is 1. The van der Waals surface area contributed by atoms with E-state index < -0.39 is 0 Å². The first-order valence-corrected chi connectivity index (χ1v) is 7.13. The number of rotatable bonds is 2. The minimum absolute atomic E-state index is 0.516. The van der Waals surface area contributed by atoms with Crippen molar-refractivity contribution in [2.24, 2.45) is 5.41 Å². The maximum Gasteiger partial charge on any atom is 0.0656 e. The molecule has 3 heteroatoms. The van der Waals surface area contributed by atoms with Crippen LogP contribution in [0.15, 0.2) is 12.1 Å². The summed E-state index contributed by atoms with van der Waals surface area (Å²) >= 11 is 6.14. The van der Waals surface area contributed by atoms with Gasteiger partial charge in [-0.05, 0) is 42.9 Å². The number of aryl methyl sites for hydroxylation is 1. The number of nitrogen functional groups attached to an aromatic ring is 1. The summed E-state index contributed by atoms with van der Waals surface area (Å²) < 4.78 is 0. The Kier molecular flexibility index (Phi) is 3.76. The monoisotopic (exact) mass is 266 g/mol. The summed E-state index contributed by atoms with van der Waals surface area (Å²) in [5.74, 6) is 0. The van der Waals surface area contributed by atoms with E-state index in [1.807, 2.05) is 12.1 Å². The van der Waals surface area contributed by atoms with E-state index >= 15 is 0 Å². The summed E-state index contributed by atoms with van der Waals surface area (Å²) in [7, 11) is 0. The Balaban J connectivity index is 2.17. The van der Waals surface area contributed by atoms with Crippen molar-refractivity contribution in [1.29, 1.82) is 0 Å². The first-order valence-electron chi connectivity index (χ1n) is 6.76. The van der Waals surface area contributed by atoms with Crippen molar-refractivity contribution in [2.75, 3.05) is 23.7 Å². The SMILES string of the molecule is CCC1(C)CCN(c2cc(Cl)c(N)cc2C)CC1. The molecule has 2 rings (SSSR count). The maximum absolute atomic E-state index is 6.14. The molecule has 0 amide bonds. The normalized spacial score (nSPS) is 19.0. The molecule has 100 valence electrons. The average Bonchev–Trinajstić information content (AvgIpc) is 2.35. The lowest BCUT2D eigenvalue weighted by atomic mass is 9.78. The van der Waals surface area contributed by atoms with Gasteiger partial charge in [-0.25, -0.2) is 0 Å². The van der Waals surface area contributed by atoms with Crippen LogP contribution >= 0.6 is 11.6 Å². The lowest BCUT2D eigenvalue weighted by Gasteiger charge is -2.40.